The summed E-state index contributed by atoms with van der Waals surface area (Å²) in [5.74, 6) is 1.83. The molecule has 0 aliphatic heterocycles. The lowest BCUT2D eigenvalue weighted by Gasteiger charge is -2.21. The minimum absolute atomic E-state index is 0.145. The molecule has 2 aliphatic rings. The summed E-state index contributed by atoms with van der Waals surface area (Å²) < 4.78 is 0. The van der Waals surface area contributed by atoms with E-state index in [4.69, 9.17) is 25.5 Å². The minimum atomic E-state index is -0.145. The molecule has 0 radical (unpaired) electrons. The summed E-state index contributed by atoms with van der Waals surface area (Å²) in [6.45, 7) is 4.57. The van der Waals surface area contributed by atoms with Gasteiger partial charge in [0.15, 0.2) is 17.5 Å². The van der Waals surface area contributed by atoms with Gasteiger partial charge < -0.3 is 0 Å². The molecule has 9 rings (SSSR count). The first kappa shape index (κ1) is 29.6. The van der Waals surface area contributed by atoms with E-state index in [0.29, 0.717) is 28.9 Å². The number of allylic oxidation sites excluding steroid dienone is 1. The molecule has 0 unspecified atom stereocenters. The van der Waals surface area contributed by atoms with Crippen LogP contribution in [0.15, 0.2) is 145 Å². The number of rotatable bonds is 5. The molecule has 0 atom stereocenters. The summed E-state index contributed by atoms with van der Waals surface area (Å²) in [5.41, 5.74) is 14.4. The van der Waals surface area contributed by atoms with Gasteiger partial charge in [-0.15, -0.1) is 0 Å². The van der Waals surface area contributed by atoms with Crippen LogP contribution >= 0.6 is 0 Å². The maximum Gasteiger partial charge on any atom is 0.164 e. The molecule has 7 aromatic rings. The quantitative estimate of drug-likeness (QED) is 0.183. The number of para-hydroxylation sites is 1. The Labute approximate surface area is 290 Å². The molecular weight excluding hydrogens is 613 g/mol. The molecule has 1 aromatic heterocycles. The highest BCUT2D eigenvalue weighted by Crippen LogP contribution is 2.51. The second kappa shape index (κ2) is 11.6. The van der Waals surface area contributed by atoms with Crippen LogP contribution in [0, 0.1) is 5.41 Å². The molecule has 0 fully saturated rings. The van der Waals surface area contributed by atoms with Gasteiger partial charge in [-0.2, -0.15) is 5.10 Å². The first-order chi connectivity index (χ1) is 24.5. The molecule has 1 heterocycles. The van der Waals surface area contributed by atoms with E-state index in [1.807, 2.05) is 66.7 Å². The van der Waals surface area contributed by atoms with Crippen LogP contribution in [0.25, 0.3) is 62.1 Å². The average molecular weight is 645 g/mol. The monoisotopic (exact) mass is 644 g/mol. The molecular formula is C44H32N6. The Hall–Kier alpha value is -6.53. The molecule has 0 bridgehead atoms. The summed E-state index contributed by atoms with van der Waals surface area (Å²) in [5, 5.41) is 15.6. The van der Waals surface area contributed by atoms with E-state index in [1.54, 1.807) is 6.08 Å². The molecule has 6 heteroatoms. The van der Waals surface area contributed by atoms with E-state index in [-0.39, 0.29) is 5.41 Å². The second-order valence-electron chi connectivity index (χ2n) is 13.2. The maximum absolute atomic E-state index is 8.83. The van der Waals surface area contributed by atoms with Crippen molar-refractivity contribution in [2.45, 2.75) is 19.3 Å². The van der Waals surface area contributed by atoms with E-state index in [2.05, 4.69) is 92.1 Å². The van der Waals surface area contributed by atoms with Crippen molar-refractivity contribution in [3.8, 4) is 45.3 Å². The van der Waals surface area contributed by atoms with E-state index >= 15 is 0 Å². The predicted molar refractivity (Wildman–Crippen MR) is 205 cm³/mol. The van der Waals surface area contributed by atoms with Crippen LogP contribution < -0.4 is 5.43 Å². The van der Waals surface area contributed by atoms with Crippen LogP contribution in [0.5, 0.6) is 0 Å². The number of hydrazone groups is 1. The van der Waals surface area contributed by atoms with Crippen LogP contribution in [0.3, 0.4) is 0 Å². The Balaban J connectivity index is 1.24. The van der Waals surface area contributed by atoms with Crippen molar-refractivity contribution < 1.29 is 0 Å². The number of hydrogen-bond acceptors (Lipinski definition) is 6. The zero-order chi connectivity index (χ0) is 33.8. The van der Waals surface area contributed by atoms with Crippen LogP contribution in [-0.2, 0) is 5.41 Å². The van der Waals surface area contributed by atoms with E-state index in [0.717, 1.165) is 44.3 Å². The zero-order valence-corrected chi connectivity index (χ0v) is 27.6. The van der Waals surface area contributed by atoms with Crippen molar-refractivity contribution >= 4 is 34.0 Å². The molecule has 6 aromatic carbocycles. The van der Waals surface area contributed by atoms with Gasteiger partial charge in [0.1, 0.15) is 5.71 Å². The van der Waals surface area contributed by atoms with Crippen LogP contribution in [0.1, 0.15) is 36.1 Å². The van der Waals surface area contributed by atoms with Gasteiger partial charge in [-0.25, -0.2) is 15.0 Å². The number of anilines is 1. The number of hydrogen-bond donors (Lipinski definition) is 2. The maximum atomic E-state index is 8.83. The van der Waals surface area contributed by atoms with Gasteiger partial charge >= 0.3 is 0 Å². The SMILES string of the molecule is CC1(C)c2ccccc2-c2c(-c3nc(-c4ccccc4)nc(-c4ccc5ccc6c(c5c4)/C(=N/Nc4ccccc4)C(=N)C=C6)n3)cccc21. The Morgan fingerprint density at radius 3 is 2.06 bits per heavy atom. The molecule has 50 heavy (non-hydrogen) atoms. The van der Waals surface area contributed by atoms with Gasteiger partial charge in [-0.3, -0.25) is 10.8 Å². The Morgan fingerprint density at radius 1 is 0.580 bits per heavy atom. The molecule has 0 saturated carbocycles. The minimum Gasteiger partial charge on any atom is -0.299 e. The summed E-state index contributed by atoms with van der Waals surface area (Å²) in [7, 11) is 0. The van der Waals surface area contributed by atoms with Gasteiger partial charge in [0.25, 0.3) is 0 Å². The number of nitrogens with zero attached hydrogens (tertiary/aromatic N) is 4. The lowest BCUT2D eigenvalue weighted by atomic mass is 9.82. The smallest absolute Gasteiger partial charge is 0.164 e. The molecule has 6 nitrogen and oxygen atoms in total. The van der Waals surface area contributed by atoms with Crippen LogP contribution in [-0.4, -0.2) is 26.4 Å². The third-order valence-corrected chi connectivity index (χ3v) is 9.82. The van der Waals surface area contributed by atoms with E-state index in [1.165, 1.54) is 22.3 Å². The third kappa shape index (κ3) is 4.84. The summed E-state index contributed by atoms with van der Waals surface area (Å²) in [6, 6.07) is 45.5. The van der Waals surface area contributed by atoms with Gasteiger partial charge in [0.2, 0.25) is 0 Å². The number of fused-ring (bicyclic) bond motifs is 6. The highest BCUT2D eigenvalue weighted by Gasteiger charge is 2.37. The average Bonchev–Trinajstić information content (AvgIpc) is 3.40. The summed E-state index contributed by atoms with van der Waals surface area (Å²) in [6.07, 6.45) is 3.78. The van der Waals surface area contributed by atoms with Crippen LogP contribution in [0.2, 0.25) is 0 Å². The summed E-state index contributed by atoms with van der Waals surface area (Å²) in [4.78, 5) is 15.4. The first-order valence-electron chi connectivity index (χ1n) is 16.7. The fourth-order valence-electron chi connectivity index (χ4n) is 7.30. The standard InChI is InChI=1S/C44H32N6/c1-44(2)35-18-10-9-16-32(35)39-33(17-11-19-36(39)44)43-47-41(29-12-5-3-6-13-29)46-42(48-43)30-23-21-27-20-22-28-24-25-37(45)40(38(28)34(27)26-30)50-49-31-14-7-4-8-15-31/h3-26,45,49H,1-2H3/b45-37?,50-40+. The zero-order valence-electron chi connectivity index (χ0n) is 27.6. The van der Waals surface area contributed by atoms with Gasteiger partial charge in [0.05, 0.1) is 11.4 Å². The van der Waals surface area contributed by atoms with Crippen LogP contribution in [0.4, 0.5) is 5.69 Å². The van der Waals surface area contributed by atoms with Crippen molar-refractivity contribution in [1.29, 1.82) is 5.41 Å². The van der Waals surface area contributed by atoms with Crippen molar-refractivity contribution in [1.82, 2.24) is 15.0 Å². The van der Waals surface area contributed by atoms with E-state index in [9.17, 15) is 0 Å². The molecule has 0 spiro atoms. The number of aromatic nitrogens is 3. The topological polar surface area (TPSA) is 86.9 Å². The Morgan fingerprint density at radius 2 is 1.24 bits per heavy atom. The molecule has 238 valence electrons. The molecule has 2 N–H and O–H groups in total. The fraction of sp³-hybridized carbons (Fsp3) is 0.0682. The number of nitrogens with one attached hydrogen (secondary N) is 2. The predicted octanol–water partition coefficient (Wildman–Crippen LogP) is 10.2. The molecule has 0 saturated heterocycles. The molecule has 0 amide bonds. The Kier molecular flexibility index (Phi) is 6.85. The van der Waals surface area contributed by atoms with E-state index < -0.39 is 0 Å². The highest BCUT2D eigenvalue weighted by atomic mass is 15.3. The van der Waals surface area contributed by atoms with Crippen molar-refractivity contribution in [3.63, 3.8) is 0 Å². The van der Waals surface area contributed by atoms with Crippen molar-refractivity contribution in [3.05, 3.63) is 162 Å². The van der Waals surface area contributed by atoms with Crippen molar-refractivity contribution in [2.75, 3.05) is 5.43 Å². The van der Waals surface area contributed by atoms with Gasteiger partial charge in [0, 0.05) is 27.7 Å². The van der Waals surface area contributed by atoms with Gasteiger partial charge in [-0.1, -0.05) is 135 Å². The first-order valence-corrected chi connectivity index (χ1v) is 16.7. The largest absolute Gasteiger partial charge is 0.299 e. The Bertz CT molecular complexity index is 2550. The summed E-state index contributed by atoms with van der Waals surface area (Å²) >= 11 is 0. The lowest BCUT2D eigenvalue weighted by molar-refractivity contribution is 0.660. The normalized spacial score (nSPS) is 14.8. The fourth-order valence-corrected chi connectivity index (χ4v) is 7.30. The highest BCUT2D eigenvalue weighted by molar-refractivity contribution is 6.55. The number of benzene rings is 6. The van der Waals surface area contributed by atoms with Crippen molar-refractivity contribution in [2.24, 2.45) is 5.10 Å². The lowest BCUT2D eigenvalue weighted by Crippen LogP contribution is -2.19. The van der Waals surface area contributed by atoms with Gasteiger partial charge in [-0.05, 0) is 62.9 Å². The molecule has 2 aliphatic carbocycles. The second-order valence-corrected chi connectivity index (χ2v) is 13.2. The third-order valence-electron chi connectivity index (χ3n) is 9.82.